The summed E-state index contributed by atoms with van der Waals surface area (Å²) < 4.78 is 32.5. The minimum absolute atomic E-state index is 0.0908. The summed E-state index contributed by atoms with van der Waals surface area (Å²) in [5.41, 5.74) is 0.836. The summed E-state index contributed by atoms with van der Waals surface area (Å²) in [6.45, 7) is 3.63. The van der Waals surface area contributed by atoms with Gasteiger partial charge in [-0.1, -0.05) is 17.7 Å². The molecule has 0 aliphatic heterocycles. The number of anilines is 1. The molecule has 1 heterocycles. The maximum Gasteiger partial charge on any atom is 0.251 e. The van der Waals surface area contributed by atoms with Gasteiger partial charge in [0.15, 0.2) is 0 Å². The summed E-state index contributed by atoms with van der Waals surface area (Å²) in [7, 11) is -2.32. The van der Waals surface area contributed by atoms with Crippen LogP contribution in [0.25, 0.3) is 0 Å². The van der Waals surface area contributed by atoms with Crippen LogP contribution >= 0.6 is 11.6 Å². The summed E-state index contributed by atoms with van der Waals surface area (Å²) in [5, 5.41) is 3.09. The number of carbonyl (C=O) groups is 1. The minimum atomic E-state index is -3.78. The first-order valence-corrected chi connectivity index (χ1v) is 9.82. The van der Waals surface area contributed by atoms with Crippen LogP contribution in [0.1, 0.15) is 29.8 Å². The van der Waals surface area contributed by atoms with Crippen LogP contribution in [0, 0.1) is 0 Å². The van der Waals surface area contributed by atoms with Gasteiger partial charge in [0, 0.05) is 22.7 Å². The molecule has 0 radical (unpaired) electrons. The van der Waals surface area contributed by atoms with Gasteiger partial charge in [0.05, 0.1) is 30.9 Å². The van der Waals surface area contributed by atoms with Gasteiger partial charge in [-0.3, -0.25) is 14.5 Å². The molecule has 0 atom stereocenters. The minimum Gasteiger partial charge on any atom is -0.495 e. The van der Waals surface area contributed by atoms with E-state index in [0.717, 1.165) is 0 Å². The smallest absolute Gasteiger partial charge is 0.251 e. The second-order valence-electron chi connectivity index (χ2n) is 5.90. The first-order chi connectivity index (χ1) is 12.2. The molecule has 0 unspecified atom stereocenters. The molecule has 1 aromatic heterocycles. The largest absolute Gasteiger partial charge is 0.495 e. The predicted octanol–water partition coefficient (Wildman–Crippen LogP) is 2.82. The first-order valence-electron chi connectivity index (χ1n) is 7.79. The highest BCUT2D eigenvalue weighted by atomic mass is 35.5. The van der Waals surface area contributed by atoms with Gasteiger partial charge in [0.25, 0.3) is 5.91 Å². The standard InChI is InChI=1S/C17H20ClN3O4S/c1-11(2)20-17(22)16-6-13(18)5-4-12(16)10-26(23,24)21-14-7-15(25-3)9-19-8-14/h4-9,11,21H,10H2,1-3H3,(H,20,22). The summed E-state index contributed by atoms with van der Waals surface area (Å²) in [5.74, 6) is -0.341. The van der Waals surface area contributed by atoms with E-state index in [-0.39, 0.29) is 29.0 Å². The zero-order valence-corrected chi connectivity index (χ0v) is 16.2. The van der Waals surface area contributed by atoms with Crippen LogP contribution in [0.3, 0.4) is 0 Å². The van der Waals surface area contributed by atoms with Crippen molar-refractivity contribution < 1.29 is 17.9 Å². The van der Waals surface area contributed by atoms with Crippen molar-refractivity contribution in [3.05, 3.63) is 52.8 Å². The Morgan fingerprint density at radius 3 is 2.65 bits per heavy atom. The average molecular weight is 398 g/mol. The monoisotopic (exact) mass is 397 g/mol. The van der Waals surface area contributed by atoms with E-state index >= 15 is 0 Å². The summed E-state index contributed by atoms with van der Waals surface area (Å²) in [6, 6.07) is 5.95. The van der Waals surface area contributed by atoms with E-state index in [9.17, 15) is 13.2 Å². The summed E-state index contributed by atoms with van der Waals surface area (Å²) in [4.78, 5) is 16.2. The third-order valence-corrected chi connectivity index (χ3v) is 4.78. The second kappa shape index (κ2) is 8.37. The van der Waals surface area contributed by atoms with Crippen LogP contribution in [0.4, 0.5) is 5.69 Å². The van der Waals surface area contributed by atoms with E-state index in [4.69, 9.17) is 16.3 Å². The third-order valence-electron chi connectivity index (χ3n) is 3.30. The third kappa shape index (κ3) is 5.60. The molecule has 1 aromatic carbocycles. The Labute approximate surface area is 157 Å². The van der Waals surface area contributed by atoms with Gasteiger partial charge >= 0.3 is 0 Å². The van der Waals surface area contributed by atoms with Crippen LogP contribution in [-0.4, -0.2) is 32.5 Å². The van der Waals surface area contributed by atoms with E-state index < -0.39 is 10.0 Å². The molecule has 0 bridgehead atoms. The molecule has 2 aromatic rings. The fourth-order valence-electron chi connectivity index (χ4n) is 2.23. The van der Waals surface area contributed by atoms with Crippen molar-refractivity contribution in [3.63, 3.8) is 0 Å². The lowest BCUT2D eigenvalue weighted by Gasteiger charge is -2.14. The Morgan fingerprint density at radius 1 is 1.27 bits per heavy atom. The zero-order valence-electron chi connectivity index (χ0n) is 14.6. The van der Waals surface area contributed by atoms with E-state index in [2.05, 4.69) is 15.0 Å². The number of amides is 1. The Hall–Kier alpha value is -2.32. The van der Waals surface area contributed by atoms with Crippen molar-refractivity contribution in [2.75, 3.05) is 11.8 Å². The van der Waals surface area contributed by atoms with E-state index in [1.54, 1.807) is 6.07 Å². The van der Waals surface area contributed by atoms with E-state index in [1.165, 1.54) is 37.7 Å². The number of rotatable bonds is 7. The molecule has 7 nitrogen and oxygen atoms in total. The number of aromatic nitrogens is 1. The Bertz CT molecular complexity index is 901. The van der Waals surface area contributed by atoms with E-state index in [0.29, 0.717) is 16.3 Å². The first kappa shape index (κ1) is 20.0. The topological polar surface area (TPSA) is 97.4 Å². The number of benzene rings is 1. The number of sulfonamides is 1. The van der Waals surface area contributed by atoms with Crippen LogP contribution in [0.15, 0.2) is 36.7 Å². The number of pyridine rings is 1. The summed E-state index contributed by atoms with van der Waals surface area (Å²) >= 11 is 5.96. The highest BCUT2D eigenvalue weighted by molar-refractivity contribution is 7.91. The van der Waals surface area contributed by atoms with Crippen molar-refractivity contribution in [2.24, 2.45) is 0 Å². The van der Waals surface area contributed by atoms with Gasteiger partial charge in [-0.25, -0.2) is 8.42 Å². The van der Waals surface area contributed by atoms with E-state index in [1.807, 2.05) is 13.8 Å². The molecule has 2 N–H and O–H groups in total. The highest BCUT2D eigenvalue weighted by Crippen LogP contribution is 2.21. The van der Waals surface area contributed by atoms with Crippen molar-refractivity contribution in [1.29, 1.82) is 0 Å². The summed E-state index contributed by atoms with van der Waals surface area (Å²) in [6.07, 6.45) is 2.83. The predicted molar refractivity (Wildman–Crippen MR) is 101 cm³/mol. The molecule has 9 heteroatoms. The average Bonchev–Trinajstić information content (AvgIpc) is 2.55. The van der Waals surface area contributed by atoms with Gasteiger partial charge in [-0.15, -0.1) is 0 Å². The van der Waals surface area contributed by atoms with Crippen LogP contribution in [0.5, 0.6) is 5.75 Å². The number of nitrogens with one attached hydrogen (secondary N) is 2. The van der Waals surface area contributed by atoms with Gasteiger partial charge in [0.2, 0.25) is 10.0 Å². The molecule has 140 valence electrons. The normalized spacial score (nSPS) is 11.3. The second-order valence-corrected chi connectivity index (χ2v) is 8.06. The number of nitrogens with zero attached hydrogens (tertiary/aromatic N) is 1. The lowest BCUT2D eigenvalue weighted by Crippen LogP contribution is -2.31. The van der Waals surface area contributed by atoms with Crippen molar-refractivity contribution in [1.82, 2.24) is 10.3 Å². The number of carbonyl (C=O) groups excluding carboxylic acids is 1. The lowest BCUT2D eigenvalue weighted by atomic mass is 10.1. The number of halogens is 1. The maximum atomic E-state index is 12.5. The number of hydrogen-bond donors (Lipinski definition) is 2. The fourth-order valence-corrected chi connectivity index (χ4v) is 3.61. The molecular formula is C17H20ClN3O4S. The SMILES string of the molecule is COc1cncc(NS(=O)(=O)Cc2ccc(Cl)cc2C(=O)NC(C)C)c1. The molecular weight excluding hydrogens is 378 g/mol. The van der Waals surface area contributed by atoms with Gasteiger partial charge < -0.3 is 10.1 Å². The number of hydrogen-bond acceptors (Lipinski definition) is 5. The number of ether oxygens (including phenoxy) is 1. The molecule has 0 fully saturated rings. The van der Waals surface area contributed by atoms with Gasteiger partial charge in [0.1, 0.15) is 5.75 Å². The number of methoxy groups -OCH3 is 1. The Balaban J connectivity index is 2.27. The van der Waals surface area contributed by atoms with Crippen molar-refractivity contribution in [3.8, 4) is 5.75 Å². The van der Waals surface area contributed by atoms with Crippen LogP contribution < -0.4 is 14.8 Å². The Kier molecular flexibility index (Phi) is 6.44. The molecule has 0 spiro atoms. The molecule has 0 aliphatic carbocycles. The van der Waals surface area contributed by atoms with Crippen LogP contribution in [0.2, 0.25) is 5.02 Å². The van der Waals surface area contributed by atoms with Gasteiger partial charge in [-0.2, -0.15) is 0 Å². The maximum absolute atomic E-state index is 12.5. The highest BCUT2D eigenvalue weighted by Gasteiger charge is 2.19. The van der Waals surface area contributed by atoms with Gasteiger partial charge in [-0.05, 0) is 31.5 Å². The molecule has 0 aliphatic rings. The quantitative estimate of drug-likeness (QED) is 0.748. The van der Waals surface area contributed by atoms with Crippen LogP contribution in [-0.2, 0) is 15.8 Å². The fraction of sp³-hybridized carbons (Fsp3) is 0.294. The van der Waals surface area contributed by atoms with Crippen molar-refractivity contribution in [2.45, 2.75) is 25.6 Å². The lowest BCUT2D eigenvalue weighted by molar-refractivity contribution is 0.0942. The molecule has 0 saturated heterocycles. The zero-order chi connectivity index (χ0) is 19.3. The molecule has 26 heavy (non-hydrogen) atoms. The Morgan fingerprint density at radius 2 is 2.00 bits per heavy atom. The van der Waals surface area contributed by atoms with Crippen molar-refractivity contribution >= 4 is 33.2 Å². The molecule has 0 saturated carbocycles. The molecule has 1 amide bonds. The molecule has 2 rings (SSSR count).